The molecule has 1 saturated heterocycles. The molecule has 0 aliphatic carbocycles. The van der Waals surface area contributed by atoms with Crippen molar-refractivity contribution in [1.29, 1.82) is 0 Å². The van der Waals surface area contributed by atoms with Gasteiger partial charge in [0.15, 0.2) is 0 Å². The quantitative estimate of drug-likeness (QED) is 0.734. The number of halogens is 2. The third-order valence-corrected chi connectivity index (χ3v) is 2.97. The zero-order valence-corrected chi connectivity index (χ0v) is 9.67. The first-order valence-electron chi connectivity index (χ1n) is 5.67. The molecule has 4 nitrogen and oxygen atoms in total. The van der Waals surface area contributed by atoms with Gasteiger partial charge in [0.25, 0.3) is 5.91 Å². The van der Waals surface area contributed by atoms with Crippen molar-refractivity contribution in [3.8, 4) is 0 Å². The predicted molar refractivity (Wildman–Crippen MR) is 61.1 cm³/mol. The Hall–Kier alpha value is -1.53. The summed E-state index contributed by atoms with van der Waals surface area (Å²) in [7, 11) is 0. The Bertz CT molecular complexity index is 459. The summed E-state index contributed by atoms with van der Waals surface area (Å²) in [4.78, 5) is 11.7. The van der Waals surface area contributed by atoms with Crippen LogP contribution in [0.4, 0.5) is 8.78 Å². The van der Waals surface area contributed by atoms with Crippen molar-refractivity contribution in [2.75, 3.05) is 19.6 Å². The van der Waals surface area contributed by atoms with Crippen LogP contribution in [0.3, 0.4) is 0 Å². The van der Waals surface area contributed by atoms with Gasteiger partial charge >= 0.3 is 0 Å². The molecule has 0 radical (unpaired) electrons. The monoisotopic (exact) mass is 256 g/mol. The molecule has 1 atom stereocenters. The normalized spacial score (nSPS) is 23.1. The molecule has 98 valence electrons. The Labute approximate surface area is 103 Å². The molecule has 1 heterocycles. The van der Waals surface area contributed by atoms with Crippen LogP contribution >= 0.6 is 0 Å². The van der Waals surface area contributed by atoms with E-state index in [9.17, 15) is 18.7 Å². The van der Waals surface area contributed by atoms with E-state index in [-0.39, 0.29) is 12.1 Å². The number of aliphatic hydroxyl groups is 1. The summed E-state index contributed by atoms with van der Waals surface area (Å²) < 4.78 is 26.2. The van der Waals surface area contributed by atoms with Crippen LogP contribution in [0.2, 0.25) is 0 Å². The second kappa shape index (κ2) is 4.99. The largest absolute Gasteiger partial charge is 0.387 e. The minimum absolute atomic E-state index is 0.00872. The average molecular weight is 256 g/mol. The second-order valence-electron chi connectivity index (χ2n) is 4.46. The molecule has 1 aromatic rings. The number of benzene rings is 1. The van der Waals surface area contributed by atoms with Crippen LogP contribution < -0.4 is 10.6 Å². The lowest BCUT2D eigenvalue weighted by atomic mass is 10.0. The Morgan fingerprint density at radius 3 is 2.94 bits per heavy atom. The van der Waals surface area contributed by atoms with Gasteiger partial charge in [0.1, 0.15) is 11.6 Å². The Morgan fingerprint density at radius 2 is 2.28 bits per heavy atom. The summed E-state index contributed by atoms with van der Waals surface area (Å²) in [5, 5.41) is 15.3. The lowest BCUT2D eigenvalue weighted by Crippen LogP contribution is -2.44. The summed E-state index contributed by atoms with van der Waals surface area (Å²) in [6.45, 7) is 1.05. The van der Waals surface area contributed by atoms with E-state index in [4.69, 9.17) is 0 Å². The molecule has 0 bridgehead atoms. The number of nitrogens with one attached hydrogen (secondary N) is 2. The van der Waals surface area contributed by atoms with E-state index < -0.39 is 23.1 Å². The smallest absolute Gasteiger partial charge is 0.254 e. The van der Waals surface area contributed by atoms with Crippen molar-refractivity contribution < 1.29 is 18.7 Å². The van der Waals surface area contributed by atoms with Crippen LogP contribution in [-0.4, -0.2) is 36.2 Å². The van der Waals surface area contributed by atoms with Crippen molar-refractivity contribution >= 4 is 5.91 Å². The van der Waals surface area contributed by atoms with Crippen LogP contribution in [0.1, 0.15) is 16.8 Å². The van der Waals surface area contributed by atoms with E-state index >= 15 is 0 Å². The van der Waals surface area contributed by atoms with Gasteiger partial charge in [-0.2, -0.15) is 0 Å². The van der Waals surface area contributed by atoms with Gasteiger partial charge in [-0.3, -0.25) is 4.79 Å². The summed E-state index contributed by atoms with van der Waals surface area (Å²) in [5.74, 6) is -2.19. The summed E-state index contributed by atoms with van der Waals surface area (Å²) in [6.07, 6.45) is 0.513. The standard InChI is InChI=1S/C12H14F2N2O2/c13-8-1-2-10(14)9(5-8)11(17)16-7-12(18)3-4-15-6-12/h1-2,5,15,18H,3-4,6-7H2,(H,16,17). The fourth-order valence-corrected chi connectivity index (χ4v) is 1.89. The number of rotatable bonds is 3. The Kier molecular flexibility index (Phi) is 3.58. The maximum Gasteiger partial charge on any atom is 0.254 e. The van der Waals surface area contributed by atoms with E-state index in [2.05, 4.69) is 10.6 Å². The van der Waals surface area contributed by atoms with Crippen molar-refractivity contribution in [1.82, 2.24) is 10.6 Å². The Balaban J connectivity index is 2.01. The molecule has 2 rings (SSSR count). The average Bonchev–Trinajstić information content (AvgIpc) is 2.77. The predicted octanol–water partition coefficient (Wildman–Crippen LogP) is 0.419. The number of carbonyl (C=O) groups excluding carboxylic acids is 1. The highest BCUT2D eigenvalue weighted by Crippen LogP contribution is 2.14. The number of β-amino-alcohol motifs (C(OH)–C–C–N with tert-alkyl or cyclic N) is 1. The van der Waals surface area contributed by atoms with Gasteiger partial charge in [-0.05, 0) is 31.2 Å². The molecule has 1 fully saturated rings. The van der Waals surface area contributed by atoms with Crippen LogP contribution in [0.25, 0.3) is 0 Å². The van der Waals surface area contributed by atoms with Gasteiger partial charge in [-0.25, -0.2) is 8.78 Å². The van der Waals surface area contributed by atoms with Gasteiger partial charge in [0.2, 0.25) is 0 Å². The number of amides is 1. The molecule has 1 unspecified atom stereocenters. The highest BCUT2D eigenvalue weighted by atomic mass is 19.1. The summed E-state index contributed by atoms with van der Waals surface area (Å²) >= 11 is 0. The number of hydrogen-bond donors (Lipinski definition) is 3. The molecule has 0 spiro atoms. The molecule has 3 N–H and O–H groups in total. The number of carbonyl (C=O) groups is 1. The van der Waals surface area contributed by atoms with E-state index in [0.29, 0.717) is 19.5 Å². The molecule has 1 aliphatic heterocycles. The van der Waals surface area contributed by atoms with Crippen molar-refractivity contribution in [3.63, 3.8) is 0 Å². The van der Waals surface area contributed by atoms with Crippen LogP contribution in [0.5, 0.6) is 0 Å². The summed E-state index contributed by atoms with van der Waals surface area (Å²) in [6, 6.07) is 2.68. The molecular formula is C12H14F2N2O2. The zero-order valence-electron chi connectivity index (χ0n) is 9.67. The first-order chi connectivity index (χ1) is 8.50. The van der Waals surface area contributed by atoms with Crippen LogP contribution in [-0.2, 0) is 0 Å². The first-order valence-corrected chi connectivity index (χ1v) is 5.67. The molecule has 1 aliphatic rings. The molecule has 0 saturated carbocycles. The Morgan fingerprint density at radius 1 is 1.50 bits per heavy atom. The van der Waals surface area contributed by atoms with Crippen molar-refractivity contribution in [2.24, 2.45) is 0 Å². The van der Waals surface area contributed by atoms with Crippen LogP contribution in [0.15, 0.2) is 18.2 Å². The second-order valence-corrected chi connectivity index (χ2v) is 4.46. The molecular weight excluding hydrogens is 242 g/mol. The maximum atomic E-state index is 13.3. The topological polar surface area (TPSA) is 61.4 Å². The maximum absolute atomic E-state index is 13.3. The van der Waals surface area contributed by atoms with Crippen molar-refractivity contribution in [3.05, 3.63) is 35.4 Å². The highest BCUT2D eigenvalue weighted by molar-refractivity contribution is 5.94. The van der Waals surface area contributed by atoms with Gasteiger partial charge in [-0.15, -0.1) is 0 Å². The SMILES string of the molecule is O=C(NCC1(O)CCNC1)c1cc(F)ccc1F. The minimum Gasteiger partial charge on any atom is -0.387 e. The fourth-order valence-electron chi connectivity index (χ4n) is 1.89. The summed E-state index contributed by atoms with van der Waals surface area (Å²) in [5.41, 5.74) is -1.37. The zero-order chi connectivity index (χ0) is 13.2. The molecule has 0 aromatic heterocycles. The van der Waals surface area contributed by atoms with Gasteiger partial charge in [-0.1, -0.05) is 0 Å². The van der Waals surface area contributed by atoms with Gasteiger partial charge in [0.05, 0.1) is 11.2 Å². The van der Waals surface area contributed by atoms with Gasteiger partial charge in [0, 0.05) is 13.1 Å². The highest BCUT2D eigenvalue weighted by Gasteiger charge is 2.31. The van der Waals surface area contributed by atoms with Crippen LogP contribution in [0, 0.1) is 11.6 Å². The molecule has 6 heteroatoms. The first kappa shape index (κ1) is 12.9. The molecule has 1 amide bonds. The van der Waals surface area contributed by atoms with Crippen molar-refractivity contribution in [2.45, 2.75) is 12.0 Å². The van der Waals surface area contributed by atoms with E-state index in [1.54, 1.807) is 0 Å². The third kappa shape index (κ3) is 2.83. The molecule has 18 heavy (non-hydrogen) atoms. The lowest BCUT2D eigenvalue weighted by Gasteiger charge is -2.21. The third-order valence-electron chi connectivity index (χ3n) is 2.97. The fraction of sp³-hybridized carbons (Fsp3) is 0.417. The van der Waals surface area contributed by atoms with E-state index in [1.165, 1.54) is 0 Å². The molecule has 1 aromatic carbocycles. The van der Waals surface area contributed by atoms with E-state index in [0.717, 1.165) is 18.2 Å². The van der Waals surface area contributed by atoms with E-state index in [1.807, 2.05) is 0 Å². The van der Waals surface area contributed by atoms with Gasteiger partial charge < -0.3 is 15.7 Å². The lowest BCUT2D eigenvalue weighted by molar-refractivity contribution is 0.0560. The number of hydrogen-bond acceptors (Lipinski definition) is 3. The minimum atomic E-state index is -1.01.